The maximum atomic E-state index is 5.74. The summed E-state index contributed by atoms with van der Waals surface area (Å²) < 4.78 is 1.13. The molecular formula is C13H17BrN2S. The van der Waals surface area contributed by atoms with Crippen molar-refractivity contribution >= 4 is 33.1 Å². The highest BCUT2D eigenvalue weighted by Gasteiger charge is 2.21. The van der Waals surface area contributed by atoms with Crippen LogP contribution >= 0.6 is 28.1 Å². The van der Waals surface area contributed by atoms with E-state index in [1.54, 1.807) is 0 Å². The summed E-state index contributed by atoms with van der Waals surface area (Å²) in [5.74, 6) is 0.397. The highest BCUT2D eigenvalue weighted by molar-refractivity contribution is 9.10. The SMILES string of the molecule is NC(=S)C1CCCN(Cc2ccc(Br)cc2)C1. The molecule has 0 amide bonds. The number of nitrogens with zero attached hydrogens (tertiary/aromatic N) is 1. The number of nitrogens with two attached hydrogens (primary N) is 1. The predicted octanol–water partition coefficient (Wildman–Crippen LogP) is 2.95. The number of hydrogen-bond acceptors (Lipinski definition) is 2. The third-order valence-corrected chi connectivity index (χ3v) is 4.09. The molecule has 0 aliphatic carbocycles. The van der Waals surface area contributed by atoms with Gasteiger partial charge in [-0.05, 0) is 37.1 Å². The predicted molar refractivity (Wildman–Crippen MR) is 78.9 cm³/mol. The van der Waals surface area contributed by atoms with Gasteiger partial charge in [0.2, 0.25) is 0 Å². The van der Waals surface area contributed by atoms with Gasteiger partial charge in [-0.2, -0.15) is 0 Å². The Balaban J connectivity index is 1.94. The molecule has 4 heteroatoms. The molecule has 0 aromatic heterocycles. The van der Waals surface area contributed by atoms with E-state index in [9.17, 15) is 0 Å². The number of rotatable bonds is 3. The average molecular weight is 313 g/mol. The van der Waals surface area contributed by atoms with Crippen LogP contribution in [0.2, 0.25) is 0 Å². The van der Waals surface area contributed by atoms with Gasteiger partial charge in [0.1, 0.15) is 0 Å². The first-order chi connectivity index (χ1) is 8.15. The molecule has 1 atom stereocenters. The molecule has 1 unspecified atom stereocenters. The second-order valence-corrected chi connectivity index (χ2v) is 5.99. The van der Waals surface area contributed by atoms with Crippen molar-refractivity contribution in [2.24, 2.45) is 11.7 Å². The summed E-state index contributed by atoms with van der Waals surface area (Å²) in [4.78, 5) is 3.11. The summed E-state index contributed by atoms with van der Waals surface area (Å²) in [7, 11) is 0. The Morgan fingerprint density at radius 3 is 2.76 bits per heavy atom. The molecular weight excluding hydrogens is 296 g/mol. The molecule has 0 bridgehead atoms. The number of likely N-dealkylation sites (tertiary alicyclic amines) is 1. The van der Waals surface area contributed by atoms with E-state index in [4.69, 9.17) is 18.0 Å². The lowest BCUT2D eigenvalue weighted by molar-refractivity contribution is 0.197. The highest BCUT2D eigenvalue weighted by atomic mass is 79.9. The third-order valence-electron chi connectivity index (χ3n) is 3.23. The zero-order valence-electron chi connectivity index (χ0n) is 9.73. The van der Waals surface area contributed by atoms with Crippen LogP contribution in [-0.4, -0.2) is 23.0 Å². The van der Waals surface area contributed by atoms with Gasteiger partial charge in [-0.1, -0.05) is 40.3 Å². The normalized spacial score (nSPS) is 21.4. The quantitative estimate of drug-likeness (QED) is 0.870. The molecule has 1 aliphatic heterocycles. The molecule has 1 saturated heterocycles. The number of benzene rings is 1. The Hall–Kier alpha value is -0.450. The van der Waals surface area contributed by atoms with Crippen molar-refractivity contribution in [1.82, 2.24) is 4.90 Å². The lowest BCUT2D eigenvalue weighted by Crippen LogP contribution is -2.39. The first-order valence-corrected chi connectivity index (χ1v) is 7.11. The fourth-order valence-corrected chi connectivity index (χ4v) is 2.74. The van der Waals surface area contributed by atoms with Crippen LogP contribution in [0.15, 0.2) is 28.7 Å². The maximum Gasteiger partial charge on any atom is 0.0771 e. The number of thiocarbonyl (C=S) groups is 1. The van der Waals surface area contributed by atoms with E-state index < -0.39 is 0 Å². The summed E-state index contributed by atoms with van der Waals surface area (Å²) in [5, 5.41) is 0. The van der Waals surface area contributed by atoms with E-state index in [0.29, 0.717) is 10.9 Å². The Kier molecular flexibility index (Phi) is 4.54. The zero-order valence-corrected chi connectivity index (χ0v) is 12.1. The van der Waals surface area contributed by atoms with Crippen LogP contribution in [0.5, 0.6) is 0 Å². The molecule has 0 spiro atoms. The highest BCUT2D eigenvalue weighted by Crippen LogP contribution is 2.19. The van der Waals surface area contributed by atoms with Crippen molar-refractivity contribution in [3.63, 3.8) is 0 Å². The summed E-state index contributed by atoms with van der Waals surface area (Å²) >= 11 is 8.55. The van der Waals surface area contributed by atoms with Gasteiger partial charge in [-0.3, -0.25) is 4.90 Å². The van der Waals surface area contributed by atoms with Crippen molar-refractivity contribution < 1.29 is 0 Å². The van der Waals surface area contributed by atoms with E-state index in [0.717, 1.165) is 30.5 Å². The lowest BCUT2D eigenvalue weighted by atomic mass is 9.98. The Morgan fingerprint density at radius 1 is 1.41 bits per heavy atom. The summed E-state index contributed by atoms with van der Waals surface area (Å²) in [6, 6.07) is 8.50. The first-order valence-electron chi connectivity index (χ1n) is 5.91. The van der Waals surface area contributed by atoms with Gasteiger partial charge >= 0.3 is 0 Å². The minimum Gasteiger partial charge on any atom is -0.393 e. The Morgan fingerprint density at radius 2 is 2.12 bits per heavy atom. The smallest absolute Gasteiger partial charge is 0.0771 e. The van der Waals surface area contributed by atoms with Crippen molar-refractivity contribution in [2.45, 2.75) is 19.4 Å². The van der Waals surface area contributed by atoms with Crippen LogP contribution in [0.1, 0.15) is 18.4 Å². The molecule has 1 aromatic carbocycles. The topological polar surface area (TPSA) is 29.3 Å². The minimum atomic E-state index is 0.397. The second-order valence-electron chi connectivity index (χ2n) is 4.60. The van der Waals surface area contributed by atoms with Gasteiger partial charge in [-0.15, -0.1) is 0 Å². The monoisotopic (exact) mass is 312 g/mol. The van der Waals surface area contributed by atoms with Gasteiger partial charge < -0.3 is 5.73 Å². The van der Waals surface area contributed by atoms with Crippen molar-refractivity contribution in [2.75, 3.05) is 13.1 Å². The van der Waals surface area contributed by atoms with Crippen LogP contribution in [0.25, 0.3) is 0 Å². The van der Waals surface area contributed by atoms with E-state index in [-0.39, 0.29) is 0 Å². The van der Waals surface area contributed by atoms with Gasteiger partial charge in [0.25, 0.3) is 0 Å². The number of piperidine rings is 1. The fraction of sp³-hybridized carbons (Fsp3) is 0.462. The second kappa shape index (κ2) is 5.94. The maximum absolute atomic E-state index is 5.74. The van der Waals surface area contributed by atoms with Crippen LogP contribution in [0.3, 0.4) is 0 Å². The Labute approximate surface area is 116 Å². The van der Waals surface area contributed by atoms with E-state index in [1.807, 2.05) is 0 Å². The van der Waals surface area contributed by atoms with E-state index in [1.165, 1.54) is 12.0 Å². The largest absolute Gasteiger partial charge is 0.393 e. The molecule has 2 rings (SSSR count). The molecule has 2 nitrogen and oxygen atoms in total. The standard InChI is InChI=1S/C13H17BrN2S/c14-12-5-3-10(4-6-12)8-16-7-1-2-11(9-16)13(15)17/h3-6,11H,1-2,7-9H2,(H2,15,17). The third kappa shape index (κ3) is 3.76. The summed E-state index contributed by atoms with van der Waals surface area (Å²) in [6.07, 6.45) is 2.34. The van der Waals surface area contributed by atoms with Crippen molar-refractivity contribution in [3.8, 4) is 0 Å². The molecule has 0 radical (unpaired) electrons. The van der Waals surface area contributed by atoms with Crippen molar-refractivity contribution in [3.05, 3.63) is 34.3 Å². The fourth-order valence-electron chi connectivity index (χ4n) is 2.28. The van der Waals surface area contributed by atoms with Crippen LogP contribution in [0.4, 0.5) is 0 Å². The minimum absolute atomic E-state index is 0.397. The number of halogens is 1. The molecule has 1 aliphatic rings. The van der Waals surface area contributed by atoms with Crippen LogP contribution < -0.4 is 5.73 Å². The van der Waals surface area contributed by atoms with Gasteiger partial charge in [0, 0.05) is 23.5 Å². The summed E-state index contributed by atoms with van der Waals surface area (Å²) in [5.41, 5.74) is 7.09. The summed E-state index contributed by atoms with van der Waals surface area (Å²) in [6.45, 7) is 3.15. The molecule has 17 heavy (non-hydrogen) atoms. The molecule has 1 aromatic rings. The average Bonchev–Trinajstić information content (AvgIpc) is 2.32. The zero-order chi connectivity index (χ0) is 12.3. The molecule has 0 saturated carbocycles. The van der Waals surface area contributed by atoms with Crippen molar-refractivity contribution in [1.29, 1.82) is 0 Å². The molecule has 1 heterocycles. The lowest BCUT2D eigenvalue weighted by Gasteiger charge is -2.32. The van der Waals surface area contributed by atoms with Gasteiger partial charge in [0.05, 0.1) is 4.99 Å². The molecule has 1 fully saturated rings. The Bertz CT molecular complexity index is 391. The van der Waals surface area contributed by atoms with E-state index >= 15 is 0 Å². The van der Waals surface area contributed by atoms with Crippen LogP contribution in [-0.2, 0) is 6.54 Å². The number of hydrogen-bond donors (Lipinski definition) is 1. The van der Waals surface area contributed by atoms with Gasteiger partial charge in [0.15, 0.2) is 0 Å². The molecule has 2 N–H and O–H groups in total. The van der Waals surface area contributed by atoms with Gasteiger partial charge in [-0.25, -0.2) is 0 Å². The van der Waals surface area contributed by atoms with E-state index in [2.05, 4.69) is 45.1 Å². The first kappa shape index (κ1) is 13.0. The molecule has 92 valence electrons. The van der Waals surface area contributed by atoms with Crippen LogP contribution in [0, 0.1) is 5.92 Å².